The standard InChI is InChI=1S/C75H94ClF3N10O9S4/c1-51-68(100-50-81-51)54-18-16-52(17-19-54)46-80-71(93)65-43-60(90)48-89(65)72(94)69(73(2,3)4)83-67(91)15-11-8-12-33-85-35-37-86(38-36-85)34-31-58(49-99-61-13-9-7-10-14-61)82-64-29-28-62(44-66(64)101(95,96)75(77,78)79)102(97,98)84-70(92)55-22-26-59(27-23-55)88-41-39-87(40-42-88)47-56-45-74(5,6)32-30-63(56)53-20-24-57(76)25-21-53/h7,9-10,13-14,16-29,44,50,58,60,65,69,82,90H,8,11-12,15,30-43,45-49H2,1-6H3,(H,80,93)(H,83,91)(H,84,92)/t58-,60-,65+,69-/m1/s1. The number of nitrogens with one attached hydrogen (secondary N) is 4. The molecule has 5 aromatic carbocycles. The van der Waals surface area contributed by atoms with E-state index in [4.69, 9.17) is 11.6 Å². The zero-order valence-corrected chi connectivity index (χ0v) is 62.8. The number of sulfonamides is 1. The number of hydrogen-bond donors (Lipinski definition) is 5. The molecule has 550 valence electrons. The highest BCUT2D eigenvalue weighted by molar-refractivity contribution is 7.99. The SMILES string of the molecule is Cc1ncsc1-c1ccc(CNC(=O)[C@@H]2C[C@@H](O)CN2C(=O)[C@@H](NC(=O)CCCCCN2CCN(CC[C@H](CSc3ccccc3)Nc3ccc(S(=O)(=O)NC(=O)c4ccc(N5CCN(CC6=C(c7ccc(Cl)cc7)CCC(C)(C)C6)CC5)cc4)cc3S(=O)(=O)C(F)(F)F)CC2)C(C)(C)C)cc1. The van der Waals surface area contributed by atoms with Crippen molar-refractivity contribution in [3.05, 3.63) is 160 Å². The molecule has 19 nitrogen and oxygen atoms in total. The van der Waals surface area contributed by atoms with Crippen molar-refractivity contribution in [2.24, 2.45) is 10.8 Å². The Morgan fingerprint density at radius 1 is 0.794 bits per heavy atom. The number of halogens is 4. The lowest BCUT2D eigenvalue weighted by molar-refractivity contribution is -0.144. The number of allylic oxidation sites excluding steroid dienone is 1. The van der Waals surface area contributed by atoms with Crippen LogP contribution in [0.25, 0.3) is 16.0 Å². The lowest BCUT2D eigenvalue weighted by Crippen LogP contribution is -2.57. The number of alkyl halides is 3. The Morgan fingerprint density at radius 3 is 2.10 bits per heavy atom. The van der Waals surface area contributed by atoms with Crippen LogP contribution in [0.15, 0.2) is 147 Å². The third-order valence-electron chi connectivity index (χ3n) is 19.6. The van der Waals surface area contributed by atoms with Crippen LogP contribution in [0.3, 0.4) is 0 Å². The van der Waals surface area contributed by atoms with E-state index < -0.39 is 82.3 Å². The molecule has 3 saturated heterocycles. The van der Waals surface area contributed by atoms with Gasteiger partial charge in [0.1, 0.15) is 17.0 Å². The zero-order chi connectivity index (χ0) is 73.2. The second-order valence-electron chi connectivity index (χ2n) is 29.0. The van der Waals surface area contributed by atoms with Gasteiger partial charge in [0.05, 0.1) is 32.8 Å². The van der Waals surface area contributed by atoms with E-state index in [0.717, 1.165) is 116 Å². The topological polar surface area (TPSA) is 234 Å². The average molecular weight is 1500 g/mol. The van der Waals surface area contributed by atoms with Crippen molar-refractivity contribution in [2.45, 2.75) is 150 Å². The fourth-order valence-corrected chi connectivity index (χ4v) is 17.7. The van der Waals surface area contributed by atoms with Crippen LogP contribution in [-0.4, -0.2) is 184 Å². The summed E-state index contributed by atoms with van der Waals surface area (Å²) in [6.45, 7) is 20.3. The molecular formula is C75H94ClF3N10O9S4. The van der Waals surface area contributed by atoms with Gasteiger partial charge in [-0.2, -0.15) is 13.2 Å². The number of likely N-dealkylation sites (tertiary alicyclic amines) is 1. The second kappa shape index (κ2) is 33.9. The summed E-state index contributed by atoms with van der Waals surface area (Å²) in [4.78, 5) is 69.7. The van der Waals surface area contributed by atoms with Crippen molar-refractivity contribution in [2.75, 3.05) is 94.5 Å². The van der Waals surface area contributed by atoms with Gasteiger partial charge in [-0.15, -0.1) is 23.1 Å². The molecule has 5 N–H and O–H groups in total. The number of rotatable bonds is 28. The molecule has 0 spiro atoms. The van der Waals surface area contributed by atoms with Crippen molar-refractivity contribution in [3.63, 3.8) is 0 Å². The van der Waals surface area contributed by atoms with Crippen molar-refractivity contribution in [1.82, 2.24) is 39.9 Å². The number of piperazine rings is 2. The van der Waals surface area contributed by atoms with Gasteiger partial charge in [0.25, 0.3) is 25.8 Å². The summed E-state index contributed by atoms with van der Waals surface area (Å²) in [5.74, 6) is -1.84. The minimum absolute atomic E-state index is 0.0278. The molecule has 4 aliphatic rings. The van der Waals surface area contributed by atoms with Crippen LogP contribution in [0, 0.1) is 17.8 Å². The zero-order valence-electron chi connectivity index (χ0n) is 58.7. The second-order valence-corrected chi connectivity index (χ2v) is 35.0. The van der Waals surface area contributed by atoms with Gasteiger partial charge in [-0.25, -0.2) is 26.5 Å². The fraction of sp³-hybridized carbons (Fsp3) is 0.480. The number of benzene rings is 5. The Balaban J connectivity index is 0.691. The first-order chi connectivity index (χ1) is 48.4. The predicted octanol–water partition coefficient (Wildman–Crippen LogP) is 11.9. The Morgan fingerprint density at radius 2 is 1.45 bits per heavy atom. The third-order valence-corrected chi connectivity index (χ3v) is 24.9. The molecule has 6 aromatic rings. The van der Waals surface area contributed by atoms with Gasteiger partial charge in [0.2, 0.25) is 17.7 Å². The Hall–Kier alpha value is -6.88. The maximum Gasteiger partial charge on any atom is 0.501 e. The molecule has 3 fully saturated rings. The van der Waals surface area contributed by atoms with Crippen molar-refractivity contribution in [3.8, 4) is 10.4 Å². The number of nitrogens with zero attached hydrogens (tertiary/aromatic N) is 6. The monoisotopic (exact) mass is 1500 g/mol. The molecule has 0 unspecified atom stereocenters. The van der Waals surface area contributed by atoms with Gasteiger partial charge in [-0.3, -0.25) is 24.1 Å². The number of carbonyl (C=O) groups is 4. The molecule has 4 heterocycles. The molecular weight excluding hydrogens is 1410 g/mol. The summed E-state index contributed by atoms with van der Waals surface area (Å²) >= 11 is 9.21. The first-order valence-electron chi connectivity index (χ1n) is 34.9. The largest absolute Gasteiger partial charge is 0.501 e. The molecule has 10 rings (SSSR count). The number of aryl methyl sites for hydroxylation is 1. The molecule has 102 heavy (non-hydrogen) atoms. The maximum atomic E-state index is 14.6. The lowest BCUT2D eigenvalue weighted by atomic mass is 9.73. The third kappa shape index (κ3) is 20.5. The summed E-state index contributed by atoms with van der Waals surface area (Å²) in [5, 5.41) is 20.4. The number of thiazole rings is 1. The van der Waals surface area contributed by atoms with E-state index in [2.05, 4.69) is 66.5 Å². The maximum absolute atomic E-state index is 14.6. The van der Waals surface area contributed by atoms with Crippen molar-refractivity contribution in [1.29, 1.82) is 0 Å². The highest BCUT2D eigenvalue weighted by atomic mass is 35.5. The molecule has 4 atom stereocenters. The first-order valence-corrected chi connectivity index (χ1v) is 40.1. The van der Waals surface area contributed by atoms with E-state index in [0.29, 0.717) is 62.4 Å². The summed E-state index contributed by atoms with van der Waals surface area (Å²) < 4.78 is 100. The van der Waals surface area contributed by atoms with Crippen LogP contribution in [-0.2, 0) is 40.8 Å². The van der Waals surface area contributed by atoms with Gasteiger partial charge >= 0.3 is 5.51 Å². The van der Waals surface area contributed by atoms with Crippen LogP contribution >= 0.6 is 34.7 Å². The molecule has 3 aliphatic heterocycles. The van der Waals surface area contributed by atoms with Gasteiger partial charge < -0.3 is 40.7 Å². The van der Waals surface area contributed by atoms with Crippen molar-refractivity contribution >= 4 is 95.1 Å². The van der Waals surface area contributed by atoms with E-state index in [1.807, 2.05) is 99.1 Å². The fourth-order valence-electron chi connectivity index (χ4n) is 13.7. The summed E-state index contributed by atoms with van der Waals surface area (Å²) in [6.07, 6.45) is 4.98. The summed E-state index contributed by atoms with van der Waals surface area (Å²) in [7, 11) is -11.1. The molecule has 27 heteroatoms. The highest BCUT2D eigenvalue weighted by Gasteiger charge is 2.49. The smallest absolute Gasteiger partial charge is 0.391 e. The van der Waals surface area contributed by atoms with Crippen LogP contribution in [0.2, 0.25) is 5.02 Å². The number of anilines is 2. The van der Waals surface area contributed by atoms with Gasteiger partial charge in [0, 0.05) is 124 Å². The number of aliphatic hydroxyl groups excluding tert-OH is 1. The van der Waals surface area contributed by atoms with Crippen LogP contribution in [0.1, 0.15) is 120 Å². The van der Waals surface area contributed by atoms with Crippen molar-refractivity contribution < 1.29 is 54.3 Å². The molecule has 0 radical (unpaired) electrons. The van der Waals surface area contributed by atoms with Crippen LogP contribution in [0.4, 0.5) is 24.5 Å². The quantitative estimate of drug-likeness (QED) is 0.0227. The Kier molecular flexibility index (Phi) is 25.8. The Labute approximate surface area is 611 Å². The molecule has 1 aliphatic carbocycles. The van der Waals surface area contributed by atoms with Gasteiger partial charge in [0.15, 0.2) is 0 Å². The number of aliphatic hydroxyl groups is 1. The molecule has 0 saturated carbocycles. The Bertz CT molecular complexity index is 4150. The van der Waals surface area contributed by atoms with E-state index in [1.165, 1.54) is 45.5 Å². The normalized spacial score (nSPS) is 18.8. The number of unbranched alkanes of at least 4 members (excludes halogenated alkanes) is 2. The molecule has 4 amide bonds. The summed E-state index contributed by atoms with van der Waals surface area (Å²) in [5.41, 5.74) is 2.70. The number of β-amino-alcohol motifs (C(OH)–C–C–N with tert-alkyl or cyclic N) is 1. The van der Waals surface area contributed by atoms with E-state index >= 15 is 0 Å². The summed E-state index contributed by atoms with van der Waals surface area (Å²) in [6, 6.07) is 31.6. The first kappa shape index (κ1) is 77.7. The average Bonchev–Trinajstić information content (AvgIpc) is 0.806. The molecule has 0 bridgehead atoms. The minimum atomic E-state index is -6.15. The number of thioether (sulfide) groups is 1. The van der Waals surface area contributed by atoms with Gasteiger partial charge in [-0.1, -0.05) is 113 Å². The molecule has 1 aromatic heterocycles. The highest BCUT2D eigenvalue weighted by Crippen LogP contribution is 2.44. The van der Waals surface area contributed by atoms with E-state index in [9.17, 15) is 54.3 Å². The number of carbonyl (C=O) groups excluding carboxylic acids is 4. The van der Waals surface area contributed by atoms with E-state index in [1.54, 1.807) is 29.0 Å². The lowest BCUT2D eigenvalue weighted by Gasteiger charge is -2.39. The predicted molar refractivity (Wildman–Crippen MR) is 398 cm³/mol. The van der Waals surface area contributed by atoms with Crippen LogP contribution < -0.4 is 25.6 Å². The van der Waals surface area contributed by atoms with Crippen LogP contribution in [0.5, 0.6) is 0 Å². The number of sulfone groups is 1. The van der Waals surface area contributed by atoms with E-state index in [-0.39, 0.29) is 48.7 Å². The number of hydrogen-bond acceptors (Lipinski definition) is 17. The number of aromatic nitrogens is 1. The number of amides is 4. The minimum Gasteiger partial charge on any atom is -0.391 e. The van der Waals surface area contributed by atoms with Gasteiger partial charge in [-0.05, 0) is 152 Å².